The van der Waals surface area contributed by atoms with Crippen LogP contribution < -0.4 is 0 Å². The van der Waals surface area contributed by atoms with Crippen molar-refractivity contribution in [3.8, 4) is 0 Å². The summed E-state index contributed by atoms with van der Waals surface area (Å²) >= 11 is 0. The first kappa shape index (κ1) is 23.8. The summed E-state index contributed by atoms with van der Waals surface area (Å²) in [6.45, 7) is 6.03. The van der Waals surface area contributed by atoms with Crippen molar-refractivity contribution >= 4 is 23.9 Å². The first-order valence-corrected chi connectivity index (χ1v) is 6.52. The molecule has 136 valence electrons. The highest BCUT2D eigenvalue weighted by atomic mass is 16.5. The number of hydrogen-bond acceptors (Lipinski definition) is 6. The predicted molar refractivity (Wildman–Crippen MR) is 86.4 cm³/mol. The summed E-state index contributed by atoms with van der Waals surface area (Å²) in [6, 6.07) is 5.48. The maximum absolute atomic E-state index is 10.5. The molecule has 0 heterocycles. The predicted octanol–water partition coefficient (Wildman–Crippen LogP) is 1.05. The van der Waals surface area contributed by atoms with Gasteiger partial charge in [0.25, 0.3) is 0 Å². The van der Waals surface area contributed by atoms with Gasteiger partial charge in [0.05, 0.1) is 17.7 Å². The normalized spacial score (nSPS) is 8.36. The van der Waals surface area contributed by atoms with Crippen LogP contribution in [0.4, 0.5) is 0 Å². The maximum Gasteiger partial charge on any atom is 0.336 e. The Morgan fingerprint density at radius 1 is 0.920 bits per heavy atom. The largest absolute Gasteiger partial charge is 0.478 e. The van der Waals surface area contributed by atoms with E-state index in [0.29, 0.717) is 0 Å². The molecule has 0 bridgehead atoms. The number of aliphatic carboxylic acids is 1. The summed E-state index contributed by atoms with van der Waals surface area (Å²) in [4.78, 5) is 40.3. The van der Waals surface area contributed by atoms with E-state index in [-0.39, 0.29) is 24.3 Å². The second kappa shape index (κ2) is 14.2. The number of esters is 1. The molecule has 0 unspecified atom stereocenters. The van der Waals surface area contributed by atoms with Gasteiger partial charge in [0, 0.05) is 12.2 Å². The molecular weight excluding hydrogens is 336 g/mol. The van der Waals surface area contributed by atoms with Crippen LogP contribution in [-0.2, 0) is 14.3 Å². The van der Waals surface area contributed by atoms with Crippen molar-refractivity contribution in [1.82, 2.24) is 0 Å². The minimum Gasteiger partial charge on any atom is -0.478 e. The van der Waals surface area contributed by atoms with Gasteiger partial charge in [0.1, 0.15) is 6.61 Å². The highest BCUT2D eigenvalue weighted by molar-refractivity contribution is 6.01. The molecule has 4 N–H and O–H groups in total. The lowest BCUT2D eigenvalue weighted by atomic mass is 10.1. The second-order valence-electron chi connectivity index (χ2n) is 3.79. The zero-order chi connectivity index (χ0) is 19.8. The Morgan fingerprint density at radius 2 is 1.32 bits per heavy atom. The molecule has 9 heteroatoms. The number of carboxylic acid groups (broad SMARTS) is 3. The standard InChI is InChI=1S/C8H6O4.C5H8O3.C3H4O2/c9-7(10)5-3-1-2-4-6(5)8(11)12;1-2-5(7)8-4-3-6;1-2-3(4)5/h1-4H,(H,9,10)(H,11,12);2,6H,1,3-4H2;2H,1H2,(H,4,5). The van der Waals surface area contributed by atoms with Crippen molar-refractivity contribution in [1.29, 1.82) is 0 Å². The molecule has 0 saturated carbocycles. The Kier molecular flexibility index (Phi) is 13.5. The summed E-state index contributed by atoms with van der Waals surface area (Å²) < 4.78 is 4.33. The quantitative estimate of drug-likeness (QED) is 0.432. The van der Waals surface area contributed by atoms with Gasteiger partial charge < -0.3 is 25.2 Å². The van der Waals surface area contributed by atoms with Gasteiger partial charge in [0.15, 0.2) is 0 Å². The molecule has 0 amide bonds. The Hall–Kier alpha value is -3.46. The van der Waals surface area contributed by atoms with Crippen molar-refractivity contribution < 1.29 is 44.3 Å². The third-order valence-electron chi connectivity index (χ3n) is 2.06. The van der Waals surface area contributed by atoms with Crippen LogP contribution in [0.5, 0.6) is 0 Å². The Morgan fingerprint density at radius 3 is 1.56 bits per heavy atom. The van der Waals surface area contributed by atoms with E-state index in [0.717, 1.165) is 12.2 Å². The molecule has 0 aliphatic rings. The minimum atomic E-state index is -1.23. The summed E-state index contributed by atoms with van der Waals surface area (Å²) in [6.07, 6.45) is 1.88. The molecule has 0 fully saturated rings. The SMILES string of the molecule is C=CC(=O)O.C=CC(=O)OCCO.O=C(O)c1ccccc1C(=O)O. The number of aliphatic hydroxyl groups is 1. The number of carboxylic acids is 3. The van der Waals surface area contributed by atoms with Crippen LogP contribution in [0.2, 0.25) is 0 Å². The molecule has 1 aromatic rings. The summed E-state index contributed by atoms with van der Waals surface area (Å²) in [7, 11) is 0. The Bertz CT molecular complexity index is 587. The van der Waals surface area contributed by atoms with Crippen LogP contribution in [0.3, 0.4) is 0 Å². The number of benzene rings is 1. The van der Waals surface area contributed by atoms with Crippen LogP contribution in [0.25, 0.3) is 0 Å². The molecule has 1 rings (SSSR count). The number of carbonyl (C=O) groups excluding carboxylic acids is 1. The van der Waals surface area contributed by atoms with E-state index in [9.17, 15) is 19.2 Å². The average molecular weight is 354 g/mol. The molecule has 0 aromatic heterocycles. The van der Waals surface area contributed by atoms with E-state index < -0.39 is 23.9 Å². The maximum atomic E-state index is 10.5. The monoisotopic (exact) mass is 354 g/mol. The fourth-order valence-electron chi connectivity index (χ4n) is 1.06. The molecule has 1 aromatic carbocycles. The average Bonchev–Trinajstić information content (AvgIpc) is 2.60. The zero-order valence-electron chi connectivity index (χ0n) is 13.1. The molecule has 0 spiro atoms. The number of aliphatic hydroxyl groups excluding tert-OH is 1. The molecule has 0 aliphatic carbocycles. The molecular formula is C16H18O9. The van der Waals surface area contributed by atoms with Crippen LogP contribution in [0.15, 0.2) is 49.6 Å². The van der Waals surface area contributed by atoms with Crippen molar-refractivity contribution in [3.05, 3.63) is 60.7 Å². The lowest BCUT2D eigenvalue weighted by molar-refractivity contribution is -0.138. The number of carbonyl (C=O) groups is 4. The summed E-state index contributed by atoms with van der Waals surface area (Å²) in [5, 5.41) is 32.8. The molecule has 0 radical (unpaired) electrons. The first-order chi connectivity index (χ1) is 11.7. The number of hydrogen-bond donors (Lipinski definition) is 4. The lowest BCUT2D eigenvalue weighted by Crippen LogP contribution is -2.06. The fraction of sp³-hybridized carbons (Fsp3) is 0.125. The van der Waals surface area contributed by atoms with E-state index in [2.05, 4.69) is 17.9 Å². The van der Waals surface area contributed by atoms with Gasteiger partial charge in [0.2, 0.25) is 0 Å². The third kappa shape index (κ3) is 12.7. The number of aromatic carboxylic acids is 2. The van der Waals surface area contributed by atoms with Crippen molar-refractivity contribution in [3.63, 3.8) is 0 Å². The molecule has 25 heavy (non-hydrogen) atoms. The molecule has 0 saturated heterocycles. The highest BCUT2D eigenvalue weighted by Crippen LogP contribution is 2.07. The fourth-order valence-corrected chi connectivity index (χ4v) is 1.06. The third-order valence-corrected chi connectivity index (χ3v) is 2.06. The minimum absolute atomic E-state index is 0.0465. The van der Waals surface area contributed by atoms with E-state index in [4.69, 9.17) is 20.4 Å². The van der Waals surface area contributed by atoms with Gasteiger partial charge in [-0.25, -0.2) is 19.2 Å². The number of ether oxygens (including phenoxy) is 1. The van der Waals surface area contributed by atoms with Gasteiger partial charge in [-0.15, -0.1) is 0 Å². The van der Waals surface area contributed by atoms with Crippen molar-refractivity contribution in [2.45, 2.75) is 0 Å². The highest BCUT2D eigenvalue weighted by Gasteiger charge is 2.13. The molecule has 0 aliphatic heterocycles. The summed E-state index contributed by atoms with van der Waals surface area (Å²) in [5.41, 5.74) is -0.380. The van der Waals surface area contributed by atoms with Crippen LogP contribution in [0.1, 0.15) is 20.7 Å². The van der Waals surface area contributed by atoms with E-state index >= 15 is 0 Å². The van der Waals surface area contributed by atoms with Gasteiger partial charge >= 0.3 is 23.9 Å². The summed E-state index contributed by atoms with van der Waals surface area (Å²) in [5.74, 6) is -3.94. The lowest BCUT2D eigenvalue weighted by Gasteiger charge is -1.98. The van der Waals surface area contributed by atoms with Gasteiger partial charge in [-0.1, -0.05) is 25.3 Å². The van der Waals surface area contributed by atoms with Crippen LogP contribution in [0, 0.1) is 0 Å². The van der Waals surface area contributed by atoms with Gasteiger partial charge in [-0.3, -0.25) is 0 Å². The molecule has 9 nitrogen and oxygen atoms in total. The van der Waals surface area contributed by atoms with E-state index in [1.54, 1.807) is 0 Å². The van der Waals surface area contributed by atoms with Gasteiger partial charge in [-0.2, -0.15) is 0 Å². The number of rotatable bonds is 6. The van der Waals surface area contributed by atoms with Gasteiger partial charge in [-0.05, 0) is 12.1 Å². The van der Waals surface area contributed by atoms with E-state index in [1.165, 1.54) is 24.3 Å². The van der Waals surface area contributed by atoms with Crippen molar-refractivity contribution in [2.24, 2.45) is 0 Å². The Balaban J connectivity index is 0. The van der Waals surface area contributed by atoms with E-state index in [1.807, 2.05) is 0 Å². The Labute approximate surface area is 143 Å². The zero-order valence-corrected chi connectivity index (χ0v) is 13.1. The topological polar surface area (TPSA) is 158 Å². The van der Waals surface area contributed by atoms with Crippen LogP contribution in [-0.4, -0.2) is 57.5 Å². The van der Waals surface area contributed by atoms with Crippen molar-refractivity contribution in [2.75, 3.05) is 13.2 Å². The first-order valence-electron chi connectivity index (χ1n) is 6.52. The van der Waals surface area contributed by atoms with Crippen LogP contribution >= 0.6 is 0 Å². The molecule has 0 atom stereocenters. The smallest absolute Gasteiger partial charge is 0.336 e. The second-order valence-corrected chi connectivity index (χ2v) is 3.79.